The minimum absolute atomic E-state index is 0.418. The molecule has 3 N–H and O–H groups in total. The summed E-state index contributed by atoms with van der Waals surface area (Å²) in [6.45, 7) is 2.02. The van der Waals surface area contributed by atoms with Crippen LogP contribution in [0.2, 0.25) is 0 Å². The van der Waals surface area contributed by atoms with Crippen molar-refractivity contribution < 1.29 is 0 Å². The van der Waals surface area contributed by atoms with Crippen LogP contribution in [0.4, 0.5) is 5.82 Å². The molecule has 7 nitrogen and oxygen atoms in total. The predicted molar refractivity (Wildman–Crippen MR) is 76.9 cm³/mol. The topological polar surface area (TPSA) is 98.8 Å². The summed E-state index contributed by atoms with van der Waals surface area (Å²) >= 11 is 0. The van der Waals surface area contributed by atoms with Crippen LogP contribution in [0.25, 0.3) is 11.0 Å². The second-order valence-corrected chi connectivity index (χ2v) is 4.33. The van der Waals surface area contributed by atoms with Crippen molar-refractivity contribution in [3.63, 3.8) is 0 Å². The smallest absolute Gasteiger partial charge is 0.290 e. The number of H-pyrrole nitrogens is 2. The Kier molecular flexibility index (Phi) is 3.00. The molecule has 2 heterocycles. The Morgan fingerprint density at radius 1 is 1.30 bits per heavy atom. The number of hydrogen-bond donors (Lipinski definition) is 3. The number of nitrogens with zero attached hydrogens (tertiary/aromatic N) is 3. The first-order valence-electron chi connectivity index (χ1n) is 6.01. The van der Waals surface area contributed by atoms with E-state index in [1.807, 2.05) is 31.2 Å². The molecule has 3 aromatic rings. The Bertz CT molecular complexity index is 815. The van der Waals surface area contributed by atoms with Crippen molar-refractivity contribution in [1.82, 2.24) is 20.2 Å². The van der Waals surface area contributed by atoms with E-state index in [1.165, 1.54) is 5.56 Å². The van der Waals surface area contributed by atoms with Crippen LogP contribution in [0.15, 0.2) is 40.4 Å². The Labute approximate surface area is 113 Å². The fourth-order valence-corrected chi connectivity index (χ4v) is 1.76. The molecule has 7 heteroatoms. The van der Waals surface area contributed by atoms with Gasteiger partial charge in [-0.3, -0.25) is 15.5 Å². The molecule has 0 bridgehead atoms. The number of aromatic amines is 2. The van der Waals surface area contributed by atoms with Gasteiger partial charge in [-0.1, -0.05) is 29.8 Å². The number of aryl methyl sites for hydroxylation is 1. The lowest BCUT2D eigenvalue weighted by atomic mass is 10.2. The Morgan fingerprint density at radius 3 is 2.90 bits per heavy atom. The van der Waals surface area contributed by atoms with Crippen LogP contribution in [-0.4, -0.2) is 26.4 Å². The first-order valence-corrected chi connectivity index (χ1v) is 6.01. The summed E-state index contributed by atoms with van der Waals surface area (Å²) in [5.74, 6) is 0.456. The summed E-state index contributed by atoms with van der Waals surface area (Å²) in [5, 5.41) is 11.3. The fourth-order valence-electron chi connectivity index (χ4n) is 1.76. The van der Waals surface area contributed by atoms with Crippen molar-refractivity contribution in [2.75, 3.05) is 5.43 Å². The molecule has 0 aliphatic heterocycles. The Balaban J connectivity index is 1.84. The molecule has 0 spiro atoms. The minimum atomic E-state index is -0.463. The highest BCUT2D eigenvalue weighted by Crippen LogP contribution is 2.14. The molecule has 0 atom stereocenters. The molecule has 0 unspecified atom stereocenters. The third-order valence-electron chi connectivity index (χ3n) is 2.80. The number of fused-ring (bicyclic) bond motifs is 1. The molecule has 0 saturated heterocycles. The zero-order chi connectivity index (χ0) is 13.9. The highest BCUT2D eigenvalue weighted by molar-refractivity contribution is 5.86. The maximum Gasteiger partial charge on any atom is 0.348 e. The minimum Gasteiger partial charge on any atom is -0.290 e. The van der Waals surface area contributed by atoms with Crippen molar-refractivity contribution in [2.24, 2.45) is 5.10 Å². The predicted octanol–water partition coefficient (Wildman–Crippen LogP) is 1.40. The number of benzene rings is 1. The van der Waals surface area contributed by atoms with Crippen LogP contribution in [0, 0.1) is 6.92 Å². The lowest BCUT2D eigenvalue weighted by molar-refractivity contribution is 1.06. The number of hydrogen-bond acceptors (Lipinski definition) is 5. The Hall–Kier alpha value is -2.96. The van der Waals surface area contributed by atoms with Gasteiger partial charge in [-0.2, -0.15) is 15.2 Å². The van der Waals surface area contributed by atoms with Gasteiger partial charge in [0.15, 0.2) is 5.65 Å². The summed E-state index contributed by atoms with van der Waals surface area (Å²) in [6.07, 6.45) is 3.24. The van der Waals surface area contributed by atoms with Crippen molar-refractivity contribution in [3.8, 4) is 0 Å². The lowest BCUT2D eigenvalue weighted by Crippen LogP contribution is -2.12. The zero-order valence-corrected chi connectivity index (χ0v) is 10.7. The van der Waals surface area contributed by atoms with Crippen LogP contribution in [0.1, 0.15) is 11.1 Å². The maximum atomic E-state index is 11.4. The number of hydrazone groups is 1. The number of aromatic nitrogens is 4. The van der Waals surface area contributed by atoms with Gasteiger partial charge in [0.25, 0.3) is 0 Å². The highest BCUT2D eigenvalue weighted by atomic mass is 16.1. The van der Waals surface area contributed by atoms with Gasteiger partial charge in [-0.15, -0.1) is 0 Å². The molecule has 20 heavy (non-hydrogen) atoms. The first-order chi connectivity index (χ1) is 9.72. The Morgan fingerprint density at radius 2 is 2.10 bits per heavy atom. The van der Waals surface area contributed by atoms with Crippen LogP contribution in [0.3, 0.4) is 0 Å². The van der Waals surface area contributed by atoms with E-state index in [0.717, 1.165) is 5.56 Å². The van der Waals surface area contributed by atoms with Crippen molar-refractivity contribution in [1.29, 1.82) is 0 Å². The molecule has 0 radical (unpaired) electrons. The van der Waals surface area contributed by atoms with Gasteiger partial charge in [-0.05, 0) is 12.5 Å². The summed E-state index contributed by atoms with van der Waals surface area (Å²) in [4.78, 5) is 17.7. The monoisotopic (exact) mass is 268 g/mol. The van der Waals surface area contributed by atoms with Crippen LogP contribution >= 0.6 is 0 Å². The molecular formula is C13H12N6O. The highest BCUT2D eigenvalue weighted by Gasteiger charge is 2.04. The second kappa shape index (κ2) is 4.96. The van der Waals surface area contributed by atoms with Crippen LogP contribution in [0.5, 0.6) is 0 Å². The van der Waals surface area contributed by atoms with Gasteiger partial charge >= 0.3 is 5.69 Å². The van der Waals surface area contributed by atoms with Crippen molar-refractivity contribution >= 4 is 23.1 Å². The molecule has 0 aliphatic carbocycles. The van der Waals surface area contributed by atoms with Gasteiger partial charge in [0.1, 0.15) is 5.82 Å². The molecule has 2 aromatic heterocycles. The molecule has 100 valence electrons. The lowest BCUT2D eigenvalue weighted by Gasteiger charge is -2.00. The number of nitrogens with one attached hydrogen (secondary N) is 3. The number of anilines is 1. The molecule has 0 aliphatic rings. The fraction of sp³-hybridized carbons (Fsp3) is 0.0769. The van der Waals surface area contributed by atoms with Crippen LogP contribution < -0.4 is 11.1 Å². The van der Waals surface area contributed by atoms with Crippen molar-refractivity contribution in [3.05, 3.63) is 52.1 Å². The second-order valence-electron chi connectivity index (χ2n) is 4.33. The van der Waals surface area contributed by atoms with E-state index in [4.69, 9.17) is 0 Å². The first kappa shape index (κ1) is 12.1. The average Bonchev–Trinajstić information content (AvgIpc) is 2.89. The molecule has 1 aromatic carbocycles. The van der Waals surface area contributed by atoms with E-state index in [9.17, 15) is 4.79 Å². The maximum absolute atomic E-state index is 11.4. The van der Waals surface area contributed by atoms with E-state index in [-0.39, 0.29) is 0 Å². The summed E-state index contributed by atoms with van der Waals surface area (Å²) in [6, 6.07) is 7.93. The van der Waals surface area contributed by atoms with Crippen LogP contribution in [-0.2, 0) is 0 Å². The van der Waals surface area contributed by atoms with E-state index in [2.05, 4.69) is 30.7 Å². The van der Waals surface area contributed by atoms with E-state index >= 15 is 0 Å². The van der Waals surface area contributed by atoms with E-state index in [1.54, 1.807) is 12.4 Å². The SMILES string of the molecule is Cc1ccc(C=NNc2[nH]c(=O)nc3[nH]ncc23)cc1. The molecular weight excluding hydrogens is 256 g/mol. The summed E-state index contributed by atoms with van der Waals surface area (Å²) in [5.41, 5.74) is 4.90. The van der Waals surface area contributed by atoms with Gasteiger partial charge in [0.2, 0.25) is 0 Å². The third-order valence-corrected chi connectivity index (χ3v) is 2.80. The molecule has 0 fully saturated rings. The van der Waals surface area contributed by atoms with Gasteiger partial charge in [0.05, 0.1) is 17.8 Å². The zero-order valence-electron chi connectivity index (χ0n) is 10.7. The summed E-state index contributed by atoms with van der Waals surface area (Å²) in [7, 11) is 0. The van der Waals surface area contributed by atoms with Gasteiger partial charge < -0.3 is 0 Å². The summed E-state index contributed by atoms with van der Waals surface area (Å²) < 4.78 is 0. The molecule has 0 amide bonds. The normalized spacial score (nSPS) is 11.2. The van der Waals surface area contributed by atoms with E-state index < -0.39 is 5.69 Å². The molecule has 0 saturated carbocycles. The molecule has 3 rings (SSSR count). The quantitative estimate of drug-likeness (QED) is 0.494. The van der Waals surface area contributed by atoms with Gasteiger partial charge in [0, 0.05) is 0 Å². The van der Waals surface area contributed by atoms with Crippen molar-refractivity contribution in [2.45, 2.75) is 6.92 Å². The van der Waals surface area contributed by atoms with Gasteiger partial charge in [-0.25, -0.2) is 4.79 Å². The van der Waals surface area contributed by atoms with E-state index in [0.29, 0.717) is 16.9 Å². The third kappa shape index (κ3) is 2.41. The largest absolute Gasteiger partial charge is 0.348 e. The number of rotatable bonds is 3. The standard InChI is InChI=1S/C13H12N6O/c1-8-2-4-9(5-3-8)6-14-18-11-10-7-15-19-12(10)17-13(20)16-11/h2-7H,1H3,(H3,15,16,17,18,19,20). The average molecular weight is 268 g/mol.